The lowest BCUT2D eigenvalue weighted by atomic mass is 10.0. The monoisotopic (exact) mass is 297 g/mol. The van der Waals surface area contributed by atoms with E-state index in [1.54, 1.807) is 4.90 Å². The molecule has 1 aliphatic rings. The van der Waals surface area contributed by atoms with Gasteiger partial charge in [-0.1, -0.05) is 25.4 Å². The van der Waals surface area contributed by atoms with Gasteiger partial charge in [0.05, 0.1) is 30.0 Å². The molecule has 0 N–H and O–H groups in total. The number of nitrogens with zero attached hydrogens (tertiary/aromatic N) is 3. The van der Waals surface area contributed by atoms with E-state index in [0.29, 0.717) is 30.6 Å². The van der Waals surface area contributed by atoms with Gasteiger partial charge in [0.15, 0.2) is 5.69 Å². The minimum absolute atomic E-state index is 0.150. The van der Waals surface area contributed by atoms with Crippen molar-refractivity contribution in [2.45, 2.75) is 39.2 Å². The standard InChI is InChI=1S/C14H20ClN3O2/c1-9(2)12-16-7-10(15)11(17-12)13(19)18-5-6-20-8-14(18,3)4/h7,9H,5-6,8H2,1-4H3. The first-order valence-electron chi connectivity index (χ1n) is 6.75. The molecule has 0 aliphatic carbocycles. The van der Waals surface area contributed by atoms with Crippen molar-refractivity contribution in [1.29, 1.82) is 0 Å². The maximum absolute atomic E-state index is 12.7. The number of aromatic nitrogens is 2. The number of carbonyl (C=O) groups excluding carboxylic acids is 1. The first kappa shape index (κ1) is 15.2. The third kappa shape index (κ3) is 2.94. The Kier molecular flexibility index (Phi) is 4.30. The molecule has 20 heavy (non-hydrogen) atoms. The molecule has 1 fully saturated rings. The molecular weight excluding hydrogens is 278 g/mol. The largest absolute Gasteiger partial charge is 0.377 e. The van der Waals surface area contributed by atoms with Crippen molar-refractivity contribution in [2.24, 2.45) is 0 Å². The van der Waals surface area contributed by atoms with E-state index in [4.69, 9.17) is 16.3 Å². The zero-order chi connectivity index (χ0) is 14.9. The Morgan fingerprint density at radius 3 is 2.80 bits per heavy atom. The Balaban J connectivity index is 2.35. The summed E-state index contributed by atoms with van der Waals surface area (Å²) in [5.41, 5.74) is -0.0814. The minimum atomic E-state index is -0.360. The van der Waals surface area contributed by atoms with Gasteiger partial charge in [0.2, 0.25) is 0 Å². The highest BCUT2D eigenvalue weighted by atomic mass is 35.5. The second-order valence-corrected chi connectivity index (χ2v) is 6.31. The summed E-state index contributed by atoms with van der Waals surface area (Å²) in [5.74, 6) is 0.618. The van der Waals surface area contributed by atoms with Crippen LogP contribution in [-0.4, -0.2) is 46.1 Å². The zero-order valence-electron chi connectivity index (χ0n) is 12.3. The third-order valence-electron chi connectivity index (χ3n) is 3.37. The summed E-state index contributed by atoms with van der Waals surface area (Å²) in [6.07, 6.45) is 1.50. The molecule has 0 bridgehead atoms. The normalized spacial score (nSPS) is 18.4. The molecule has 0 unspecified atom stereocenters. The summed E-state index contributed by atoms with van der Waals surface area (Å²) >= 11 is 6.10. The van der Waals surface area contributed by atoms with E-state index in [0.717, 1.165) is 0 Å². The number of carbonyl (C=O) groups is 1. The summed E-state index contributed by atoms with van der Waals surface area (Å²) in [4.78, 5) is 23.0. The highest BCUT2D eigenvalue weighted by molar-refractivity contribution is 6.33. The summed E-state index contributed by atoms with van der Waals surface area (Å²) < 4.78 is 5.43. The highest BCUT2D eigenvalue weighted by Gasteiger charge is 2.36. The lowest BCUT2D eigenvalue weighted by Gasteiger charge is -2.42. The topological polar surface area (TPSA) is 55.3 Å². The molecule has 0 radical (unpaired) electrons. The summed E-state index contributed by atoms with van der Waals surface area (Å²) in [6, 6.07) is 0. The second-order valence-electron chi connectivity index (χ2n) is 5.90. The molecule has 1 aliphatic heterocycles. The van der Waals surface area contributed by atoms with E-state index in [1.807, 2.05) is 27.7 Å². The van der Waals surface area contributed by atoms with Crippen molar-refractivity contribution in [2.75, 3.05) is 19.8 Å². The quantitative estimate of drug-likeness (QED) is 0.841. The number of ether oxygens (including phenoxy) is 1. The fourth-order valence-electron chi connectivity index (χ4n) is 2.17. The third-order valence-corrected chi connectivity index (χ3v) is 3.65. The fourth-order valence-corrected chi connectivity index (χ4v) is 2.34. The number of amides is 1. The number of rotatable bonds is 2. The van der Waals surface area contributed by atoms with Crippen molar-refractivity contribution in [3.05, 3.63) is 22.7 Å². The molecular formula is C14H20ClN3O2. The molecule has 5 nitrogen and oxygen atoms in total. The van der Waals surface area contributed by atoms with Crippen LogP contribution in [0.2, 0.25) is 5.02 Å². The Labute approximate surface area is 124 Å². The molecule has 1 aromatic heterocycles. The van der Waals surface area contributed by atoms with Crippen LogP contribution in [0.5, 0.6) is 0 Å². The smallest absolute Gasteiger partial charge is 0.274 e. The lowest BCUT2D eigenvalue weighted by Crippen LogP contribution is -2.55. The maximum Gasteiger partial charge on any atom is 0.274 e. The molecule has 0 spiro atoms. The number of halogens is 1. The first-order chi connectivity index (χ1) is 9.33. The molecule has 2 heterocycles. The minimum Gasteiger partial charge on any atom is -0.377 e. The number of morpholine rings is 1. The van der Waals surface area contributed by atoms with E-state index in [9.17, 15) is 4.79 Å². The van der Waals surface area contributed by atoms with E-state index in [2.05, 4.69) is 9.97 Å². The SMILES string of the molecule is CC(C)c1ncc(Cl)c(C(=O)N2CCOCC2(C)C)n1. The average molecular weight is 298 g/mol. The van der Waals surface area contributed by atoms with Gasteiger partial charge in [0.1, 0.15) is 5.82 Å². The number of hydrogen-bond acceptors (Lipinski definition) is 4. The molecule has 0 atom stereocenters. The van der Waals surface area contributed by atoms with Crippen molar-refractivity contribution in [3.8, 4) is 0 Å². The van der Waals surface area contributed by atoms with Crippen LogP contribution in [-0.2, 0) is 4.74 Å². The average Bonchev–Trinajstić information content (AvgIpc) is 2.37. The van der Waals surface area contributed by atoms with Gasteiger partial charge < -0.3 is 9.64 Å². The molecule has 0 aromatic carbocycles. The molecule has 110 valence electrons. The first-order valence-corrected chi connectivity index (χ1v) is 7.13. The van der Waals surface area contributed by atoms with Gasteiger partial charge in [-0.15, -0.1) is 0 Å². The van der Waals surface area contributed by atoms with Crippen LogP contribution in [0.4, 0.5) is 0 Å². The van der Waals surface area contributed by atoms with E-state index in [1.165, 1.54) is 6.20 Å². The Bertz CT molecular complexity index is 517. The van der Waals surface area contributed by atoms with Crippen molar-refractivity contribution in [3.63, 3.8) is 0 Å². The lowest BCUT2D eigenvalue weighted by molar-refractivity contribution is -0.0373. The number of hydrogen-bond donors (Lipinski definition) is 0. The molecule has 1 amide bonds. The Hall–Kier alpha value is -1.20. The van der Waals surface area contributed by atoms with Crippen LogP contribution in [0.3, 0.4) is 0 Å². The zero-order valence-corrected chi connectivity index (χ0v) is 13.1. The Morgan fingerprint density at radius 1 is 1.50 bits per heavy atom. The molecule has 1 aromatic rings. The van der Waals surface area contributed by atoms with Gasteiger partial charge >= 0.3 is 0 Å². The van der Waals surface area contributed by atoms with Crippen LogP contribution in [0.15, 0.2) is 6.20 Å². The van der Waals surface area contributed by atoms with Crippen LogP contribution < -0.4 is 0 Å². The maximum atomic E-state index is 12.7. The van der Waals surface area contributed by atoms with Gasteiger partial charge in [-0.25, -0.2) is 9.97 Å². The van der Waals surface area contributed by atoms with Gasteiger partial charge in [-0.3, -0.25) is 4.79 Å². The highest BCUT2D eigenvalue weighted by Crippen LogP contribution is 2.24. The predicted octanol–water partition coefficient (Wildman–Crippen LogP) is 2.50. The van der Waals surface area contributed by atoms with Crippen molar-refractivity contribution >= 4 is 17.5 Å². The van der Waals surface area contributed by atoms with Crippen molar-refractivity contribution in [1.82, 2.24) is 14.9 Å². The van der Waals surface area contributed by atoms with Gasteiger partial charge in [0.25, 0.3) is 5.91 Å². The second kappa shape index (κ2) is 5.66. The van der Waals surface area contributed by atoms with Gasteiger partial charge in [-0.2, -0.15) is 0 Å². The van der Waals surface area contributed by atoms with Gasteiger partial charge in [0, 0.05) is 12.5 Å². The van der Waals surface area contributed by atoms with E-state index in [-0.39, 0.29) is 23.1 Å². The van der Waals surface area contributed by atoms with Crippen LogP contribution >= 0.6 is 11.6 Å². The molecule has 1 saturated heterocycles. The summed E-state index contributed by atoms with van der Waals surface area (Å²) in [6.45, 7) is 9.51. The molecule has 6 heteroatoms. The van der Waals surface area contributed by atoms with Crippen LogP contribution in [0, 0.1) is 0 Å². The molecule has 2 rings (SSSR count). The van der Waals surface area contributed by atoms with E-state index >= 15 is 0 Å². The molecule has 0 saturated carbocycles. The summed E-state index contributed by atoms with van der Waals surface area (Å²) in [7, 11) is 0. The van der Waals surface area contributed by atoms with Crippen LogP contribution in [0.1, 0.15) is 49.9 Å². The predicted molar refractivity (Wildman–Crippen MR) is 77.1 cm³/mol. The van der Waals surface area contributed by atoms with E-state index < -0.39 is 0 Å². The summed E-state index contributed by atoms with van der Waals surface area (Å²) in [5, 5.41) is 0.293. The van der Waals surface area contributed by atoms with Crippen molar-refractivity contribution < 1.29 is 9.53 Å². The fraction of sp³-hybridized carbons (Fsp3) is 0.643. The Morgan fingerprint density at radius 2 is 2.20 bits per heavy atom. The van der Waals surface area contributed by atoms with Crippen LogP contribution in [0.25, 0.3) is 0 Å². The van der Waals surface area contributed by atoms with Gasteiger partial charge in [-0.05, 0) is 13.8 Å².